The smallest absolute Gasteiger partial charge is 0.162 e. The number of benzene rings is 2. The van der Waals surface area contributed by atoms with Gasteiger partial charge in [-0.2, -0.15) is 0 Å². The van der Waals surface area contributed by atoms with Crippen LogP contribution in [0, 0.1) is 0 Å². The predicted octanol–water partition coefficient (Wildman–Crippen LogP) is 3.16. The Bertz CT molecular complexity index is 942. The lowest BCUT2D eigenvalue weighted by Gasteiger charge is -2.15. The van der Waals surface area contributed by atoms with Gasteiger partial charge in [0.1, 0.15) is 17.3 Å². The molecule has 0 amide bonds. The van der Waals surface area contributed by atoms with Gasteiger partial charge in [0.15, 0.2) is 5.82 Å². The van der Waals surface area contributed by atoms with Crippen LogP contribution in [0.2, 0.25) is 0 Å². The molecule has 1 aliphatic rings. The molecule has 0 fully saturated rings. The highest BCUT2D eigenvalue weighted by Crippen LogP contribution is 2.37. The van der Waals surface area contributed by atoms with Crippen molar-refractivity contribution in [1.82, 2.24) is 9.97 Å². The number of para-hydroxylation sites is 1. The summed E-state index contributed by atoms with van der Waals surface area (Å²) in [4.78, 5) is 9.61. The summed E-state index contributed by atoms with van der Waals surface area (Å²) in [7, 11) is 1.64. The van der Waals surface area contributed by atoms with Crippen molar-refractivity contribution in [3.05, 3.63) is 54.1 Å². The van der Waals surface area contributed by atoms with E-state index in [1.807, 2.05) is 48.5 Å². The molecule has 4 rings (SSSR count). The molecule has 6 nitrogen and oxygen atoms in total. The number of rotatable bonds is 5. The Morgan fingerprint density at radius 3 is 2.70 bits per heavy atom. The summed E-state index contributed by atoms with van der Waals surface area (Å²) in [5, 5.41) is 12.5. The second-order valence-corrected chi connectivity index (χ2v) is 6.20. The maximum atomic E-state index is 9.24. The second kappa shape index (κ2) is 7.63. The lowest BCUT2D eigenvalue weighted by atomic mass is 10.0. The summed E-state index contributed by atoms with van der Waals surface area (Å²) in [6.07, 6.45) is 0.695. The van der Waals surface area contributed by atoms with E-state index >= 15 is 0 Å². The molecule has 0 atom stereocenters. The average molecular weight is 363 g/mol. The minimum Gasteiger partial charge on any atom is -0.497 e. The molecule has 0 bridgehead atoms. The van der Waals surface area contributed by atoms with Crippen LogP contribution in [0.1, 0.15) is 5.56 Å². The Labute approximate surface area is 157 Å². The van der Waals surface area contributed by atoms with Gasteiger partial charge in [-0.05, 0) is 36.4 Å². The van der Waals surface area contributed by atoms with Gasteiger partial charge in [-0.15, -0.1) is 0 Å². The normalized spacial score (nSPS) is 12.4. The molecule has 0 unspecified atom stereocenters. The molecule has 2 N–H and O–H groups in total. The van der Waals surface area contributed by atoms with Crippen molar-refractivity contribution in [2.75, 3.05) is 32.2 Å². The largest absolute Gasteiger partial charge is 0.497 e. The number of nitrogens with zero attached hydrogens (tertiary/aromatic N) is 2. The van der Waals surface area contributed by atoms with Crippen LogP contribution in [0.25, 0.3) is 22.6 Å². The van der Waals surface area contributed by atoms with E-state index in [9.17, 15) is 5.11 Å². The lowest BCUT2D eigenvalue weighted by molar-refractivity contribution is 0.310. The van der Waals surface area contributed by atoms with Crippen LogP contribution >= 0.6 is 0 Å². The topological polar surface area (TPSA) is 76.5 Å². The number of ether oxygens (including phenoxy) is 2. The molecule has 3 aromatic rings. The summed E-state index contributed by atoms with van der Waals surface area (Å²) in [5.41, 5.74) is 3.72. The third kappa shape index (κ3) is 3.44. The first kappa shape index (κ1) is 17.3. The number of fused-ring (bicyclic) bond motifs is 3. The Hall–Kier alpha value is -3.12. The van der Waals surface area contributed by atoms with Crippen LogP contribution in [-0.4, -0.2) is 41.9 Å². The van der Waals surface area contributed by atoms with Crippen LogP contribution in [0.4, 0.5) is 5.82 Å². The van der Waals surface area contributed by atoms with E-state index in [2.05, 4.69) is 5.32 Å². The van der Waals surface area contributed by atoms with E-state index in [4.69, 9.17) is 19.4 Å². The summed E-state index contributed by atoms with van der Waals surface area (Å²) in [6, 6.07) is 15.6. The van der Waals surface area contributed by atoms with Crippen LogP contribution < -0.4 is 14.8 Å². The molecule has 2 aromatic carbocycles. The van der Waals surface area contributed by atoms with Gasteiger partial charge < -0.3 is 19.9 Å². The van der Waals surface area contributed by atoms with Crippen molar-refractivity contribution in [2.24, 2.45) is 0 Å². The van der Waals surface area contributed by atoms with Gasteiger partial charge in [0, 0.05) is 29.7 Å². The van der Waals surface area contributed by atoms with Gasteiger partial charge in [-0.25, -0.2) is 9.97 Å². The zero-order chi connectivity index (χ0) is 18.6. The van der Waals surface area contributed by atoms with E-state index in [1.54, 1.807) is 7.11 Å². The quantitative estimate of drug-likeness (QED) is 0.725. The van der Waals surface area contributed by atoms with Gasteiger partial charge in [0.05, 0.1) is 26.0 Å². The average Bonchev–Trinajstić information content (AvgIpc) is 2.91. The first-order chi connectivity index (χ1) is 13.3. The molecule has 0 spiro atoms. The Morgan fingerprint density at radius 1 is 1.11 bits per heavy atom. The van der Waals surface area contributed by atoms with Crippen molar-refractivity contribution in [2.45, 2.75) is 6.42 Å². The number of methoxy groups -OCH3 is 1. The zero-order valence-electron chi connectivity index (χ0n) is 15.1. The first-order valence-electron chi connectivity index (χ1n) is 8.92. The molecule has 0 radical (unpaired) electrons. The molecule has 0 aliphatic carbocycles. The molecule has 138 valence electrons. The minimum atomic E-state index is 0.0315. The van der Waals surface area contributed by atoms with Gasteiger partial charge >= 0.3 is 0 Å². The predicted molar refractivity (Wildman–Crippen MR) is 104 cm³/mol. The maximum absolute atomic E-state index is 9.24. The SMILES string of the molecule is COc1ccc(-c2nc(NCCO)c3c(n2)-c2ccccc2OCC3)cc1. The van der Waals surface area contributed by atoms with Gasteiger partial charge in [0.2, 0.25) is 0 Å². The van der Waals surface area contributed by atoms with Crippen LogP contribution in [0.15, 0.2) is 48.5 Å². The molecule has 0 saturated carbocycles. The third-order valence-corrected chi connectivity index (χ3v) is 4.51. The Kier molecular flexibility index (Phi) is 4.89. The van der Waals surface area contributed by atoms with Crippen molar-refractivity contribution in [1.29, 1.82) is 0 Å². The number of aliphatic hydroxyl groups excluding tert-OH is 1. The monoisotopic (exact) mass is 363 g/mol. The number of nitrogens with one attached hydrogen (secondary N) is 1. The number of hydrogen-bond acceptors (Lipinski definition) is 6. The highest BCUT2D eigenvalue weighted by atomic mass is 16.5. The highest BCUT2D eigenvalue weighted by molar-refractivity contribution is 5.77. The van der Waals surface area contributed by atoms with E-state index < -0.39 is 0 Å². The molecular weight excluding hydrogens is 342 g/mol. The van der Waals surface area contributed by atoms with Crippen LogP contribution in [0.3, 0.4) is 0 Å². The molecule has 0 saturated heterocycles. The first-order valence-corrected chi connectivity index (χ1v) is 8.92. The summed E-state index contributed by atoms with van der Waals surface area (Å²) in [5.74, 6) is 2.96. The lowest BCUT2D eigenvalue weighted by Crippen LogP contribution is -2.12. The highest BCUT2D eigenvalue weighted by Gasteiger charge is 2.22. The van der Waals surface area contributed by atoms with Crippen molar-refractivity contribution < 1.29 is 14.6 Å². The summed E-state index contributed by atoms with van der Waals surface area (Å²) in [6.45, 7) is 1.01. The fraction of sp³-hybridized carbons (Fsp3) is 0.238. The number of anilines is 1. The summed E-state index contributed by atoms with van der Waals surface area (Å²) < 4.78 is 11.1. The second-order valence-electron chi connectivity index (χ2n) is 6.20. The van der Waals surface area contributed by atoms with Gasteiger partial charge in [0.25, 0.3) is 0 Å². The van der Waals surface area contributed by atoms with Gasteiger partial charge in [-0.3, -0.25) is 0 Å². The Balaban J connectivity index is 1.88. The number of aromatic nitrogens is 2. The van der Waals surface area contributed by atoms with Gasteiger partial charge in [-0.1, -0.05) is 12.1 Å². The van der Waals surface area contributed by atoms with Crippen LogP contribution in [-0.2, 0) is 6.42 Å². The van der Waals surface area contributed by atoms with Crippen molar-refractivity contribution >= 4 is 5.82 Å². The third-order valence-electron chi connectivity index (χ3n) is 4.51. The summed E-state index contributed by atoms with van der Waals surface area (Å²) >= 11 is 0. The zero-order valence-corrected chi connectivity index (χ0v) is 15.1. The molecule has 6 heteroatoms. The fourth-order valence-electron chi connectivity index (χ4n) is 3.18. The van der Waals surface area contributed by atoms with Crippen LogP contribution in [0.5, 0.6) is 11.5 Å². The maximum Gasteiger partial charge on any atom is 0.162 e. The van der Waals surface area contributed by atoms with E-state index in [0.717, 1.165) is 39.7 Å². The number of hydrogen-bond donors (Lipinski definition) is 2. The molecule has 27 heavy (non-hydrogen) atoms. The molecule has 1 aliphatic heterocycles. The van der Waals surface area contributed by atoms with E-state index in [1.165, 1.54) is 0 Å². The molecule has 2 heterocycles. The standard InChI is InChI=1S/C21H21N3O3/c1-26-15-8-6-14(7-9-15)20-23-19-16-4-2-3-5-18(16)27-13-10-17(19)21(24-20)22-11-12-25/h2-9,25H,10-13H2,1H3,(H,22,23,24). The van der Waals surface area contributed by atoms with E-state index in [0.29, 0.717) is 25.4 Å². The van der Waals surface area contributed by atoms with E-state index in [-0.39, 0.29) is 6.61 Å². The molecule has 1 aromatic heterocycles. The fourth-order valence-corrected chi connectivity index (χ4v) is 3.18. The Morgan fingerprint density at radius 2 is 1.93 bits per heavy atom. The number of aliphatic hydroxyl groups is 1. The minimum absolute atomic E-state index is 0.0315. The van der Waals surface area contributed by atoms with Crippen molar-refractivity contribution in [3.8, 4) is 34.1 Å². The van der Waals surface area contributed by atoms with Crippen molar-refractivity contribution in [3.63, 3.8) is 0 Å². The molecular formula is C21H21N3O3.